The number of halogens is 2. The molecule has 2 nitrogen and oxygen atoms in total. The molecular formula is C15H12BrClO2S. The molecule has 0 aromatic heterocycles. The fraction of sp³-hybridized carbons (Fsp3) is 0.133. The van der Waals surface area contributed by atoms with Gasteiger partial charge in [-0.1, -0.05) is 39.7 Å². The average molecular weight is 372 g/mol. The lowest BCUT2D eigenvalue weighted by atomic mass is 10.1. The first kappa shape index (κ1) is 15.4. The normalized spacial score (nSPS) is 12.1. The maximum atomic E-state index is 11.4. The van der Waals surface area contributed by atoms with Crippen LogP contribution in [0.3, 0.4) is 0 Å². The van der Waals surface area contributed by atoms with Crippen LogP contribution in [-0.2, 0) is 11.2 Å². The molecule has 0 aliphatic heterocycles. The molecule has 2 rings (SSSR count). The molecule has 0 aliphatic rings. The Morgan fingerprint density at radius 1 is 1.15 bits per heavy atom. The summed E-state index contributed by atoms with van der Waals surface area (Å²) in [6, 6.07) is 14.9. The van der Waals surface area contributed by atoms with Crippen LogP contribution >= 0.6 is 39.3 Å². The first-order valence-corrected chi connectivity index (χ1v) is 7.99. The number of rotatable bonds is 5. The van der Waals surface area contributed by atoms with Crippen molar-refractivity contribution < 1.29 is 9.90 Å². The molecule has 2 aromatic rings. The predicted octanol–water partition coefficient (Wildman–Crippen LogP) is 4.89. The zero-order chi connectivity index (χ0) is 14.5. The highest BCUT2D eigenvalue weighted by Crippen LogP contribution is 2.27. The molecule has 1 N–H and O–H groups in total. The Hall–Kier alpha value is -0.970. The first-order chi connectivity index (χ1) is 9.54. The van der Waals surface area contributed by atoms with Crippen LogP contribution in [0.5, 0.6) is 0 Å². The highest BCUT2D eigenvalue weighted by atomic mass is 79.9. The fourth-order valence-corrected chi connectivity index (χ4v) is 3.08. The molecule has 20 heavy (non-hydrogen) atoms. The Morgan fingerprint density at radius 3 is 2.30 bits per heavy atom. The van der Waals surface area contributed by atoms with Gasteiger partial charge < -0.3 is 5.11 Å². The topological polar surface area (TPSA) is 37.3 Å². The molecule has 0 radical (unpaired) electrons. The second-order valence-electron chi connectivity index (χ2n) is 4.23. The minimum absolute atomic E-state index is 0.482. The molecule has 0 fully saturated rings. The van der Waals surface area contributed by atoms with E-state index in [2.05, 4.69) is 15.9 Å². The Kier molecular flexibility index (Phi) is 5.52. The molecule has 1 atom stereocenters. The summed E-state index contributed by atoms with van der Waals surface area (Å²) in [5.74, 6) is -0.812. The van der Waals surface area contributed by atoms with Gasteiger partial charge in [0, 0.05) is 14.4 Å². The summed E-state index contributed by atoms with van der Waals surface area (Å²) in [5.41, 5.74) is 1.00. The first-order valence-electron chi connectivity index (χ1n) is 5.94. The van der Waals surface area contributed by atoms with E-state index in [1.165, 1.54) is 11.8 Å². The van der Waals surface area contributed by atoms with Crippen molar-refractivity contribution in [3.8, 4) is 0 Å². The standard InChI is InChI=1S/C15H12BrClO2S/c16-11-3-1-10(2-4-11)9-14(15(18)19)20-13-7-5-12(17)6-8-13/h1-8,14H,9H2,(H,18,19)/t14-/m1/s1. The number of thioether (sulfide) groups is 1. The van der Waals surface area contributed by atoms with E-state index in [-0.39, 0.29) is 0 Å². The predicted molar refractivity (Wildman–Crippen MR) is 86.6 cm³/mol. The zero-order valence-corrected chi connectivity index (χ0v) is 13.6. The Labute approximate surface area is 135 Å². The third-order valence-corrected chi connectivity index (χ3v) is 4.68. The SMILES string of the molecule is O=C(O)[C@@H](Cc1ccc(Br)cc1)Sc1ccc(Cl)cc1. The maximum absolute atomic E-state index is 11.4. The van der Waals surface area contributed by atoms with Crippen LogP contribution in [0.2, 0.25) is 5.02 Å². The Bertz CT molecular complexity index is 536. The summed E-state index contributed by atoms with van der Waals surface area (Å²) >= 11 is 10.5. The minimum Gasteiger partial charge on any atom is -0.480 e. The van der Waals surface area contributed by atoms with Gasteiger partial charge in [0.05, 0.1) is 0 Å². The molecule has 2 aromatic carbocycles. The van der Waals surface area contributed by atoms with Crippen LogP contribution in [0.25, 0.3) is 0 Å². The summed E-state index contributed by atoms with van der Waals surface area (Å²) in [6.45, 7) is 0. The van der Waals surface area contributed by atoms with Crippen molar-refractivity contribution in [1.82, 2.24) is 0 Å². The molecule has 0 amide bonds. The van der Waals surface area contributed by atoms with Gasteiger partial charge in [0.15, 0.2) is 0 Å². The molecule has 0 bridgehead atoms. The van der Waals surface area contributed by atoms with E-state index in [1.807, 2.05) is 36.4 Å². The maximum Gasteiger partial charge on any atom is 0.317 e. The molecule has 5 heteroatoms. The lowest BCUT2D eigenvalue weighted by Crippen LogP contribution is -2.19. The van der Waals surface area contributed by atoms with E-state index in [9.17, 15) is 9.90 Å². The third kappa shape index (κ3) is 4.54. The lowest BCUT2D eigenvalue weighted by Gasteiger charge is -2.12. The number of carboxylic acids is 1. The van der Waals surface area contributed by atoms with Crippen molar-refractivity contribution in [2.45, 2.75) is 16.6 Å². The summed E-state index contributed by atoms with van der Waals surface area (Å²) < 4.78 is 0.985. The summed E-state index contributed by atoms with van der Waals surface area (Å²) in [4.78, 5) is 12.3. The van der Waals surface area contributed by atoms with Gasteiger partial charge in [-0.2, -0.15) is 0 Å². The quantitative estimate of drug-likeness (QED) is 0.760. The van der Waals surface area contributed by atoms with Gasteiger partial charge in [-0.25, -0.2) is 0 Å². The van der Waals surface area contributed by atoms with E-state index in [4.69, 9.17) is 11.6 Å². The second-order valence-corrected chi connectivity index (χ2v) is 6.86. The van der Waals surface area contributed by atoms with Crippen LogP contribution < -0.4 is 0 Å². The average Bonchev–Trinajstić information content (AvgIpc) is 2.42. The van der Waals surface area contributed by atoms with Crippen molar-refractivity contribution in [3.05, 3.63) is 63.6 Å². The number of carboxylic acid groups (broad SMARTS) is 1. The number of hydrogen-bond acceptors (Lipinski definition) is 2. The van der Waals surface area contributed by atoms with Gasteiger partial charge in [0.2, 0.25) is 0 Å². The number of aliphatic carboxylic acids is 1. The molecular weight excluding hydrogens is 360 g/mol. The van der Waals surface area contributed by atoms with Crippen LogP contribution in [0, 0.1) is 0 Å². The number of carbonyl (C=O) groups is 1. The highest BCUT2D eigenvalue weighted by molar-refractivity contribution is 9.10. The van der Waals surface area contributed by atoms with E-state index in [1.54, 1.807) is 12.1 Å². The van der Waals surface area contributed by atoms with Gasteiger partial charge in [-0.05, 0) is 48.4 Å². The third-order valence-electron chi connectivity index (χ3n) is 2.70. The highest BCUT2D eigenvalue weighted by Gasteiger charge is 2.19. The van der Waals surface area contributed by atoms with E-state index < -0.39 is 11.2 Å². The van der Waals surface area contributed by atoms with Crippen molar-refractivity contribution in [3.63, 3.8) is 0 Å². The lowest BCUT2D eigenvalue weighted by molar-refractivity contribution is -0.136. The van der Waals surface area contributed by atoms with Crippen LogP contribution in [0.15, 0.2) is 57.9 Å². The van der Waals surface area contributed by atoms with Gasteiger partial charge >= 0.3 is 5.97 Å². The molecule has 0 saturated heterocycles. The molecule has 0 spiro atoms. The molecule has 0 aliphatic carbocycles. The molecule has 0 unspecified atom stereocenters. The van der Waals surface area contributed by atoms with Gasteiger partial charge in [-0.3, -0.25) is 4.79 Å². The van der Waals surface area contributed by atoms with Crippen molar-refractivity contribution in [1.29, 1.82) is 0 Å². The number of benzene rings is 2. The molecule has 104 valence electrons. The van der Waals surface area contributed by atoms with E-state index >= 15 is 0 Å². The van der Waals surface area contributed by atoms with Gasteiger partial charge in [0.25, 0.3) is 0 Å². The summed E-state index contributed by atoms with van der Waals surface area (Å²) in [7, 11) is 0. The second kappa shape index (κ2) is 7.16. The summed E-state index contributed by atoms with van der Waals surface area (Å²) in [5, 5.41) is 9.48. The van der Waals surface area contributed by atoms with Crippen molar-refractivity contribution >= 4 is 45.3 Å². The van der Waals surface area contributed by atoms with Gasteiger partial charge in [-0.15, -0.1) is 11.8 Å². The fourth-order valence-electron chi connectivity index (χ4n) is 1.69. The zero-order valence-electron chi connectivity index (χ0n) is 10.4. The number of hydrogen-bond donors (Lipinski definition) is 1. The largest absolute Gasteiger partial charge is 0.480 e. The van der Waals surface area contributed by atoms with Crippen LogP contribution in [-0.4, -0.2) is 16.3 Å². The van der Waals surface area contributed by atoms with Crippen molar-refractivity contribution in [2.24, 2.45) is 0 Å². The minimum atomic E-state index is -0.812. The Morgan fingerprint density at radius 2 is 1.75 bits per heavy atom. The smallest absolute Gasteiger partial charge is 0.317 e. The van der Waals surface area contributed by atoms with Crippen LogP contribution in [0.1, 0.15) is 5.56 Å². The summed E-state index contributed by atoms with van der Waals surface area (Å²) in [6.07, 6.45) is 0.482. The Balaban J connectivity index is 2.09. The van der Waals surface area contributed by atoms with E-state index in [0.717, 1.165) is 14.9 Å². The van der Waals surface area contributed by atoms with Gasteiger partial charge in [0.1, 0.15) is 5.25 Å². The van der Waals surface area contributed by atoms with Crippen LogP contribution in [0.4, 0.5) is 0 Å². The van der Waals surface area contributed by atoms with Crippen molar-refractivity contribution in [2.75, 3.05) is 0 Å². The monoisotopic (exact) mass is 370 g/mol. The molecule has 0 saturated carbocycles. The molecule has 0 heterocycles. The van der Waals surface area contributed by atoms with E-state index in [0.29, 0.717) is 11.4 Å².